The lowest BCUT2D eigenvalue weighted by Crippen LogP contribution is -2.60. The molecule has 2 fully saturated rings. The van der Waals surface area contributed by atoms with E-state index >= 15 is 0 Å². The second kappa shape index (κ2) is 10.2. The number of halogens is 3. The second-order valence-electron chi connectivity index (χ2n) is 10.3. The molecular weight excluding hydrogens is 479 g/mol. The number of aliphatic imine (C=N–C) groups is 1. The van der Waals surface area contributed by atoms with Crippen LogP contribution in [0.1, 0.15) is 62.4 Å². The molecule has 0 aromatic heterocycles. The third-order valence-electron chi connectivity index (χ3n) is 6.88. The third-order valence-corrected chi connectivity index (χ3v) is 7.77. The number of carbonyl (C=O) groups is 1. The van der Waals surface area contributed by atoms with Crippen LogP contribution in [0.25, 0.3) is 0 Å². The van der Waals surface area contributed by atoms with Gasteiger partial charge in [0.15, 0.2) is 0 Å². The quantitative estimate of drug-likeness (QED) is 0.521. The minimum atomic E-state index is -4.58. The van der Waals surface area contributed by atoms with E-state index in [1.807, 2.05) is 11.6 Å². The van der Waals surface area contributed by atoms with Crippen molar-refractivity contribution in [2.75, 3.05) is 26.3 Å². The zero-order valence-electron chi connectivity index (χ0n) is 20.4. The fraction of sp³-hybridized carbons (Fsp3) is 0.600. The van der Waals surface area contributed by atoms with Gasteiger partial charge in [-0.05, 0) is 83.0 Å². The van der Waals surface area contributed by atoms with E-state index in [1.165, 1.54) is 17.8 Å². The maximum Gasteiger partial charge on any atom is 0.416 e. The molecule has 1 amide bonds. The van der Waals surface area contributed by atoms with Gasteiger partial charge in [-0.25, -0.2) is 4.48 Å². The third kappa shape index (κ3) is 5.76. The highest BCUT2D eigenvalue weighted by atomic mass is 32.2. The molecule has 1 unspecified atom stereocenters. The Kier molecular flexibility index (Phi) is 7.66. The maximum absolute atomic E-state index is 13.5. The summed E-state index contributed by atoms with van der Waals surface area (Å²) < 4.78 is 52.4. The number of nitrogens with zero attached hydrogens (tertiary/aromatic N) is 2. The van der Waals surface area contributed by atoms with Gasteiger partial charge in [-0.1, -0.05) is 0 Å². The van der Waals surface area contributed by atoms with Crippen molar-refractivity contribution in [1.29, 1.82) is 0 Å². The summed E-state index contributed by atoms with van der Waals surface area (Å²) >= 11 is 1.32. The van der Waals surface area contributed by atoms with Gasteiger partial charge in [0.2, 0.25) is 0 Å². The van der Waals surface area contributed by atoms with Crippen LogP contribution in [0.5, 0.6) is 5.75 Å². The molecule has 0 bridgehead atoms. The van der Waals surface area contributed by atoms with E-state index in [9.17, 15) is 18.0 Å². The number of amidine groups is 1. The van der Waals surface area contributed by atoms with Gasteiger partial charge in [0, 0.05) is 18.1 Å². The molecule has 3 atom stereocenters. The molecule has 35 heavy (non-hydrogen) atoms. The van der Waals surface area contributed by atoms with E-state index < -0.39 is 17.6 Å². The summed E-state index contributed by atoms with van der Waals surface area (Å²) in [4.78, 5) is 17.8. The molecule has 4 rings (SSSR count). The summed E-state index contributed by atoms with van der Waals surface area (Å²) in [7, 11) is 0. The first-order valence-corrected chi connectivity index (χ1v) is 12.9. The normalized spacial score (nSPS) is 28.2. The Balaban J connectivity index is 1.67. The van der Waals surface area contributed by atoms with Crippen molar-refractivity contribution in [3.63, 3.8) is 0 Å². The van der Waals surface area contributed by atoms with Crippen molar-refractivity contribution >= 4 is 22.8 Å². The number of quaternary nitrogens is 1. The number of hydrogen-bond donors (Lipinski definition) is 1. The minimum absolute atomic E-state index is 0.0317. The van der Waals surface area contributed by atoms with E-state index in [-0.39, 0.29) is 35.6 Å². The van der Waals surface area contributed by atoms with Crippen molar-refractivity contribution in [3.8, 4) is 5.75 Å². The lowest BCUT2D eigenvalue weighted by molar-refractivity contribution is -0.838. The molecule has 1 aromatic rings. The smallest absolute Gasteiger partial charge is 0.416 e. The van der Waals surface area contributed by atoms with E-state index in [0.717, 1.165) is 44.4 Å². The van der Waals surface area contributed by atoms with Crippen molar-refractivity contribution in [1.82, 2.24) is 5.32 Å². The first kappa shape index (κ1) is 26.2. The van der Waals surface area contributed by atoms with Crippen LogP contribution in [0, 0.1) is 0 Å². The fourth-order valence-corrected chi connectivity index (χ4v) is 5.86. The van der Waals surface area contributed by atoms with Gasteiger partial charge in [0.05, 0.1) is 11.1 Å². The van der Waals surface area contributed by atoms with Gasteiger partial charge in [-0.15, -0.1) is 4.99 Å². The zero-order chi connectivity index (χ0) is 25.3. The zero-order valence-corrected chi connectivity index (χ0v) is 21.2. The Morgan fingerprint density at radius 3 is 2.69 bits per heavy atom. The molecule has 3 aliphatic heterocycles. The monoisotopic (exact) mass is 512 g/mol. The number of amides is 1. The molecule has 0 saturated carbocycles. The Labute approximate surface area is 208 Å². The van der Waals surface area contributed by atoms with Gasteiger partial charge in [-0.2, -0.15) is 13.2 Å². The molecule has 3 heterocycles. The topological polar surface area (TPSA) is 59.9 Å². The van der Waals surface area contributed by atoms with Crippen LogP contribution in [0.2, 0.25) is 0 Å². The molecule has 0 radical (unpaired) electrons. The van der Waals surface area contributed by atoms with Crippen molar-refractivity contribution in [3.05, 3.63) is 40.9 Å². The van der Waals surface area contributed by atoms with Crippen LogP contribution in [0.4, 0.5) is 13.2 Å². The number of thioether (sulfide) groups is 1. The highest BCUT2D eigenvalue weighted by Gasteiger charge is 2.49. The molecule has 1 N–H and O–H groups in total. The summed E-state index contributed by atoms with van der Waals surface area (Å²) in [6.45, 7) is 8.65. The maximum atomic E-state index is 13.5. The van der Waals surface area contributed by atoms with Gasteiger partial charge < -0.3 is 14.8 Å². The number of ether oxygens (including phenoxy) is 2. The molecule has 6 nitrogen and oxygen atoms in total. The van der Waals surface area contributed by atoms with E-state index in [4.69, 9.17) is 9.47 Å². The number of carbonyl (C=O) groups excluding carboxylic acids is 1. The van der Waals surface area contributed by atoms with Crippen LogP contribution < -0.4 is 10.1 Å². The number of rotatable bonds is 6. The van der Waals surface area contributed by atoms with E-state index in [0.29, 0.717) is 22.8 Å². The summed E-state index contributed by atoms with van der Waals surface area (Å²) in [6, 6.07) is 3.13. The van der Waals surface area contributed by atoms with Gasteiger partial charge >= 0.3 is 6.18 Å². The molecule has 0 spiro atoms. The molecule has 10 heteroatoms. The van der Waals surface area contributed by atoms with Crippen LogP contribution in [0.15, 0.2) is 34.8 Å². The highest BCUT2D eigenvalue weighted by Crippen LogP contribution is 2.40. The number of alkyl halides is 3. The number of benzene rings is 1. The van der Waals surface area contributed by atoms with Crippen LogP contribution in [-0.2, 0) is 10.9 Å². The highest BCUT2D eigenvalue weighted by molar-refractivity contribution is 8.16. The molecule has 192 valence electrons. The summed E-state index contributed by atoms with van der Waals surface area (Å²) in [5.74, 6) is -0.624. The van der Waals surface area contributed by atoms with Crippen LogP contribution in [-0.4, -0.2) is 59.5 Å². The second-order valence-corrected chi connectivity index (χ2v) is 11.1. The van der Waals surface area contributed by atoms with E-state index in [2.05, 4.69) is 31.1 Å². The van der Waals surface area contributed by atoms with Crippen molar-refractivity contribution < 1.29 is 31.9 Å². The average molecular weight is 513 g/mol. The SMILES string of the molecule is CC(C)(C)[N+]1(C[C@H]2CCCO2)C=CS/C1=N\C(=O)c1cc(C(F)(F)F)ccc1OC[C@@H]1CCCN1. The standard InChI is InChI=1S/C25H33F3N3O3S/c1-24(2,3)31(15-19-7-5-12-33-19)11-13-35-23(31)30-22(32)20-14-17(25(26,27)28)8-9-21(20)34-16-18-6-4-10-29-18/h8-9,11,13-14,18-19,29H,4-7,10,12,15-16H2,1-3H3/q+1/b30-23-/t18-,19+,31?/m0/s1. The minimum Gasteiger partial charge on any atom is -0.491 e. The van der Waals surface area contributed by atoms with Crippen molar-refractivity contribution in [2.45, 2.75) is 70.3 Å². The van der Waals surface area contributed by atoms with E-state index in [1.54, 1.807) is 0 Å². The predicted octanol–water partition coefficient (Wildman–Crippen LogP) is 5.34. The van der Waals surface area contributed by atoms with Crippen LogP contribution >= 0.6 is 11.8 Å². The molecule has 3 aliphatic rings. The first-order valence-electron chi connectivity index (χ1n) is 12.0. The van der Waals surface area contributed by atoms with Crippen molar-refractivity contribution in [2.24, 2.45) is 4.99 Å². The molecular formula is C25H33F3N3O3S+. The molecule has 0 aliphatic carbocycles. The Hall–Kier alpha value is -1.88. The number of hydrogen-bond acceptors (Lipinski definition) is 5. The Bertz CT molecular complexity index is 994. The molecule has 1 aromatic carbocycles. The summed E-state index contributed by atoms with van der Waals surface area (Å²) in [6.07, 6.45) is 1.31. The lowest BCUT2D eigenvalue weighted by Gasteiger charge is -2.43. The van der Waals surface area contributed by atoms with Gasteiger partial charge in [-0.3, -0.25) is 4.79 Å². The predicted molar refractivity (Wildman–Crippen MR) is 130 cm³/mol. The summed E-state index contributed by atoms with van der Waals surface area (Å²) in [5, 5.41) is 5.71. The average Bonchev–Trinajstić information content (AvgIpc) is 3.55. The Morgan fingerprint density at radius 1 is 1.26 bits per heavy atom. The number of nitrogens with one attached hydrogen (secondary N) is 1. The fourth-order valence-electron chi connectivity index (χ4n) is 4.74. The summed E-state index contributed by atoms with van der Waals surface area (Å²) in [5.41, 5.74) is -1.42. The van der Waals surface area contributed by atoms with Gasteiger partial charge in [0.1, 0.15) is 36.7 Å². The lowest BCUT2D eigenvalue weighted by atomic mass is 10.0. The van der Waals surface area contributed by atoms with Gasteiger partial charge in [0.25, 0.3) is 11.1 Å². The van der Waals surface area contributed by atoms with Crippen LogP contribution in [0.3, 0.4) is 0 Å². The first-order chi connectivity index (χ1) is 16.5. The largest absolute Gasteiger partial charge is 0.491 e. The Morgan fingerprint density at radius 2 is 2.06 bits per heavy atom. The molecule has 2 saturated heterocycles.